The van der Waals surface area contributed by atoms with E-state index in [-0.39, 0.29) is 11.8 Å². The molecular formula is C21H24Cl2N2O. The lowest BCUT2D eigenvalue weighted by Crippen LogP contribution is -2.40. The summed E-state index contributed by atoms with van der Waals surface area (Å²) >= 11 is 12.3. The van der Waals surface area contributed by atoms with Gasteiger partial charge in [0, 0.05) is 28.8 Å². The number of para-hydroxylation sites is 1. The number of piperidine rings is 1. The second-order valence-corrected chi connectivity index (χ2v) is 7.65. The summed E-state index contributed by atoms with van der Waals surface area (Å²) < 4.78 is 0. The van der Waals surface area contributed by atoms with Gasteiger partial charge in [-0.1, -0.05) is 54.4 Å². The molecular weight excluding hydrogens is 367 g/mol. The van der Waals surface area contributed by atoms with E-state index in [0.717, 1.165) is 50.1 Å². The third-order valence-electron chi connectivity index (χ3n) is 4.94. The maximum Gasteiger partial charge on any atom is 0.228 e. The van der Waals surface area contributed by atoms with Gasteiger partial charge in [-0.25, -0.2) is 0 Å². The Morgan fingerprint density at radius 1 is 1.19 bits per heavy atom. The van der Waals surface area contributed by atoms with Crippen LogP contribution in [0.25, 0.3) is 0 Å². The van der Waals surface area contributed by atoms with Crippen molar-refractivity contribution in [3.8, 4) is 0 Å². The molecule has 0 aromatic heterocycles. The van der Waals surface area contributed by atoms with Crippen molar-refractivity contribution < 1.29 is 4.79 Å². The number of hydrogen-bond donors (Lipinski definition) is 1. The number of amides is 1. The Bertz CT molecular complexity index is 778. The van der Waals surface area contributed by atoms with Crippen LogP contribution >= 0.6 is 23.2 Å². The van der Waals surface area contributed by atoms with Gasteiger partial charge in [-0.2, -0.15) is 0 Å². The van der Waals surface area contributed by atoms with Crippen molar-refractivity contribution in [2.45, 2.75) is 32.7 Å². The number of halogens is 2. The van der Waals surface area contributed by atoms with Crippen molar-refractivity contribution in [3.63, 3.8) is 0 Å². The molecule has 1 N–H and O–H groups in total. The van der Waals surface area contributed by atoms with Gasteiger partial charge in [0.2, 0.25) is 5.91 Å². The predicted molar refractivity (Wildman–Crippen MR) is 109 cm³/mol. The molecule has 0 unspecified atom stereocenters. The van der Waals surface area contributed by atoms with Gasteiger partial charge < -0.3 is 5.32 Å². The van der Waals surface area contributed by atoms with E-state index >= 15 is 0 Å². The molecule has 0 radical (unpaired) electrons. The molecule has 0 spiro atoms. The van der Waals surface area contributed by atoms with Gasteiger partial charge in [0.1, 0.15) is 0 Å². The molecule has 0 bridgehead atoms. The minimum atomic E-state index is -0.000243. The summed E-state index contributed by atoms with van der Waals surface area (Å²) in [5, 5.41) is 4.45. The van der Waals surface area contributed by atoms with Crippen molar-refractivity contribution in [2.24, 2.45) is 5.92 Å². The molecule has 1 aliphatic heterocycles. The number of likely N-dealkylation sites (tertiary alicyclic amines) is 1. The number of carbonyl (C=O) groups excluding carboxylic acids is 1. The third-order valence-corrected chi connectivity index (χ3v) is 5.53. The second kappa shape index (κ2) is 8.90. The molecule has 5 heteroatoms. The van der Waals surface area contributed by atoms with E-state index in [4.69, 9.17) is 23.2 Å². The van der Waals surface area contributed by atoms with E-state index in [2.05, 4.69) is 23.2 Å². The maximum atomic E-state index is 12.8. The molecule has 3 rings (SSSR count). The Morgan fingerprint density at radius 3 is 2.77 bits per heavy atom. The van der Waals surface area contributed by atoms with Crippen LogP contribution in [-0.4, -0.2) is 23.9 Å². The van der Waals surface area contributed by atoms with Gasteiger partial charge in [-0.3, -0.25) is 9.69 Å². The number of anilines is 1. The topological polar surface area (TPSA) is 32.3 Å². The summed E-state index contributed by atoms with van der Waals surface area (Å²) in [5.41, 5.74) is 3.15. The Hall–Kier alpha value is -1.55. The van der Waals surface area contributed by atoms with E-state index in [1.165, 1.54) is 5.56 Å². The number of aryl methyl sites for hydroxylation is 1. The molecule has 1 aliphatic rings. The normalized spacial score (nSPS) is 17.9. The van der Waals surface area contributed by atoms with Crippen LogP contribution < -0.4 is 5.32 Å². The Morgan fingerprint density at radius 2 is 2.00 bits per heavy atom. The molecule has 0 saturated carbocycles. The molecule has 1 atom stereocenters. The van der Waals surface area contributed by atoms with Crippen LogP contribution in [-0.2, 0) is 17.8 Å². The highest BCUT2D eigenvalue weighted by atomic mass is 35.5. The largest absolute Gasteiger partial charge is 0.326 e. The van der Waals surface area contributed by atoms with Crippen molar-refractivity contribution in [2.75, 3.05) is 18.4 Å². The van der Waals surface area contributed by atoms with Gasteiger partial charge in [0.15, 0.2) is 0 Å². The Labute approximate surface area is 165 Å². The smallest absolute Gasteiger partial charge is 0.228 e. The minimum absolute atomic E-state index is 0.000243. The van der Waals surface area contributed by atoms with Gasteiger partial charge in [0.05, 0.1) is 5.92 Å². The monoisotopic (exact) mass is 390 g/mol. The highest BCUT2D eigenvalue weighted by Crippen LogP contribution is 2.26. The lowest BCUT2D eigenvalue weighted by Gasteiger charge is -2.32. The quantitative estimate of drug-likeness (QED) is 0.740. The highest BCUT2D eigenvalue weighted by Gasteiger charge is 2.26. The van der Waals surface area contributed by atoms with E-state index < -0.39 is 0 Å². The highest BCUT2D eigenvalue weighted by molar-refractivity contribution is 6.35. The van der Waals surface area contributed by atoms with Crippen molar-refractivity contribution in [1.29, 1.82) is 0 Å². The van der Waals surface area contributed by atoms with E-state index in [0.29, 0.717) is 10.0 Å². The third kappa shape index (κ3) is 4.79. The summed E-state index contributed by atoms with van der Waals surface area (Å²) in [4.78, 5) is 15.1. The average Bonchev–Trinajstić information content (AvgIpc) is 2.65. The molecule has 2 aromatic rings. The Balaban J connectivity index is 1.63. The van der Waals surface area contributed by atoms with Crippen molar-refractivity contribution >= 4 is 34.8 Å². The Kier molecular flexibility index (Phi) is 6.58. The van der Waals surface area contributed by atoms with Gasteiger partial charge in [-0.15, -0.1) is 0 Å². The second-order valence-electron chi connectivity index (χ2n) is 6.81. The first-order chi connectivity index (χ1) is 12.6. The van der Waals surface area contributed by atoms with Crippen LogP contribution in [0, 0.1) is 5.92 Å². The number of carbonyl (C=O) groups is 1. The molecule has 1 heterocycles. The fourth-order valence-corrected chi connectivity index (χ4v) is 3.96. The molecule has 2 aromatic carbocycles. The van der Waals surface area contributed by atoms with Crippen LogP contribution in [0.3, 0.4) is 0 Å². The molecule has 1 fully saturated rings. The lowest BCUT2D eigenvalue weighted by molar-refractivity contribution is -0.121. The fraction of sp³-hybridized carbons (Fsp3) is 0.381. The first kappa shape index (κ1) is 19.2. The average molecular weight is 391 g/mol. The zero-order valence-corrected chi connectivity index (χ0v) is 16.5. The number of benzene rings is 2. The van der Waals surface area contributed by atoms with Crippen LogP contribution in [0.15, 0.2) is 42.5 Å². The maximum absolute atomic E-state index is 12.8. The van der Waals surface area contributed by atoms with Crippen molar-refractivity contribution in [3.05, 3.63) is 63.6 Å². The molecule has 3 nitrogen and oxygen atoms in total. The summed E-state index contributed by atoms with van der Waals surface area (Å²) in [6.45, 7) is 4.57. The fourth-order valence-electron chi connectivity index (χ4n) is 3.49. The predicted octanol–water partition coefficient (Wildman–Crippen LogP) is 5.41. The minimum Gasteiger partial charge on any atom is -0.326 e. The van der Waals surface area contributed by atoms with Crippen LogP contribution in [0.2, 0.25) is 10.0 Å². The summed E-state index contributed by atoms with van der Waals surface area (Å²) in [6, 6.07) is 13.6. The van der Waals surface area contributed by atoms with E-state index in [1.807, 2.05) is 30.3 Å². The standard InChI is InChI=1S/C21H24Cl2N2O/c1-2-15-6-3-4-8-20(15)24-21(26)17-7-5-11-25(14-17)13-16-9-10-18(22)12-19(16)23/h3-4,6,8-10,12,17H,2,5,7,11,13-14H2,1H3,(H,24,26)/t17-/m0/s1. The zero-order valence-electron chi connectivity index (χ0n) is 15.0. The first-order valence-corrected chi connectivity index (χ1v) is 9.87. The SMILES string of the molecule is CCc1ccccc1NC(=O)[C@H]1CCCN(Cc2ccc(Cl)cc2Cl)C1. The molecule has 26 heavy (non-hydrogen) atoms. The van der Waals surface area contributed by atoms with Crippen LogP contribution in [0.4, 0.5) is 5.69 Å². The van der Waals surface area contributed by atoms with Crippen molar-refractivity contribution in [1.82, 2.24) is 4.90 Å². The van der Waals surface area contributed by atoms with E-state index in [9.17, 15) is 4.79 Å². The number of nitrogens with zero attached hydrogens (tertiary/aromatic N) is 1. The van der Waals surface area contributed by atoms with Gasteiger partial charge >= 0.3 is 0 Å². The van der Waals surface area contributed by atoms with Crippen LogP contribution in [0.5, 0.6) is 0 Å². The summed E-state index contributed by atoms with van der Waals surface area (Å²) in [7, 11) is 0. The van der Waals surface area contributed by atoms with Gasteiger partial charge in [-0.05, 0) is 55.1 Å². The van der Waals surface area contributed by atoms with Crippen LogP contribution in [0.1, 0.15) is 30.9 Å². The summed E-state index contributed by atoms with van der Waals surface area (Å²) in [5.74, 6) is 0.109. The summed E-state index contributed by atoms with van der Waals surface area (Å²) in [6.07, 6.45) is 2.84. The number of hydrogen-bond acceptors (Lipinski definition) is 2. The lowest BCUT2D eigenvalue weighted by atomic mass is 9.96. The molecule has 1 saturated heterocycles. The number of rotatable bonds is 5. The van der Waals surface area contributed by atoms with E-state index in [1.54, 1.807) is 6.07 Å². The molecule has 0 aliphatic carbocycles. The zero-order chi connectivity index (χ0) is 18.5. The first-order valence-electron chi connectivity index (χ1n) is 9.12. The number of nitrogens with one attached hydrogen (secondary N) is 1. The molecule has 1 amide bonds. The molecule has 138 valence electrons. The van der Waals surface area contributed by atoms with Gasteiger partial charge in [0.25, 0.3) is 0 Å².